The van der Waals surface area contributed by atoms with E-state index in [1.807, 2.05) is 0 Å². The van der Waals surface area contributed by atoms with Crippen LogP contribution in [0, 0.1) is 6.92 Å². The van der Waals surface area contributed by atoms with Gasteiger partial charge in [0.2, 0.25) is 0 Å². The molecule has 0 bridgehead atoms. The van der Waals surface area contributed by atoms with Gasteiger partial charge in [-0.15, -0.1) is 11.3 Å². The van der Waals surface area contributed by atoms with E-state index in [0.29, 0.717) is 6.61 Å². The number of aryl methyl sites for hydroxylation is 1. The summed E-state index contributed by atoms with van der Waals surface area (Å²) in [6.07, 6.45) is 0. The monoisotopic (exact) mass is 214 g/mol. The van der Waals surface area contributed by atoms with Gasteiger partial charge in [-0.05, 0) is 23.9 Å². The Morgan fingerprint density at radius 1 is 1.64 bits per heavy atom. The third-order valence-electron chi connectivity index (χ3n) is 2.04. The van der Waals surface area contributed by atoms with Gasteiger partial charge in [0.1, 0.15) is 0 Å². The summed E-state index contributed by atoms with van der Waals surface area (Å²) in [7, 11) is 1.67. The number of ether oxygens (including phenoxy) is 1. The van der Waals surface area contributed by atoms with Gasteiger partial charge in [0.05, 0.1) is 6.61 Å². The van der Waals surface area contributed by atoms with Gasteiger partial charge in [-0.2, -0.15) is 0 Å². The molecule has 0 spiro atoms. The number of methoxy groups -OCH3 is 1. The van der Waals surface area contributed by atoms with E-state index in [1.54, 1.807) is 18.4 Å². The molecule has 0 saturated heterocycles. The molecule has 1 heterocycles. The van der Waals surface area contributed by atoms with Gasteiger partial charge in [0.15, 0.2) is 0 Å². The highest BCUT2D eigenvalue weighted by Crippen LogP contribution is 2.14. The predicted molar refractivity (Wildman–Crippen MR) is 60.6 cm³/mol. The van der Waals surface area contributed by atoms with Crippen LogP contribution in [0.4, 0.5) is 0 Å². The molecule has 0 aromatic carbocycles. The number of nitrogens with two attached hydrogens (primary N) is 1. The van der Waals surface area contributed by atoms with Crippen molar-refractivity contribution < 1.29 is 4.74 Å². The first-order valence-electron chi connectivity index (χ1n) is 4.72. The summed E-state index contributed by atoms with van der Waals surface area (Å²) in [5.41, 5.74) is 7.13. The van der Waals surface area contributed by atoms with Crippen LogP contribution in [0.1, 0.15) is 10.4 Å². The topological polar surface area (TPSA) is 47.3 Å². The summed E-state index contributed by atoms with van der Waals surface area (Å²) in [6, 6.07) is 2.22. The molecule has 80 valence electrons. The van der Waals surface area contributed by atoms with Crippen LogP contribution >= 0.6 is 11.3 Å². The number of hydrogen-bond donors (Lipinski definition) is 2. The molecule has 1 aromatic rings. The van der Waals surface area contributed by atoms with Gasteiger partial charge in [-0.25, -0.2) is 0 Å². The van der Waals surface area contributed by atoms with Crippen molar-refractivity contribution in [1.29, 1.82) is 0 Å². The van der Waals surface area contributed by atoms with Crippen LogP contribution in [0.25, 0.3) is 0 Å². The Labute approximate surface area is 89.3 Å². The molecule has 0 aliphatic carbocycles. The third kappa shape index (κ3) is 3.75. The molecule has 3 nitrogen and oxygen atoms in total. The van der Waals surface area contributed by atoms with Gasteiger partial charge in [0.25, 0.3) is 0 Å². The summed E-state index contributed by atoms with van der Waals surface area (Å²) in [6.45, 7) is 4.44. The maximum Gasteiger partial charge on any atom is 0.0626 e. The summed E-state index contributed by atoms with van der Waals surface area (Å²) in [5.74, 6) is 0. The third-order valence-corrected chi connectivity index (χ3v) is 3.06. The minimum absolute atomic E-state index is 0.0836. The summed E-state index contributed by atoms with van der Waals surface area (Å²) >= 11 is 1.78. The molecule has 0 fully saturated rings. The van der Waals surface area contributed by atoms with Gasteiger partial charge >= 0.3 is 0 Å². The van der Waals surface area contributed by atoms with Crippen LogP contribution in [0.5, 0.6) is 0 Å². The fraction of sp³-hybridized carbons (Fsp3) is 0.600. The lowest BCUT2D eigenvalue weighted by Crippen LogP contribution is -2.36. The molecule has 4 heteroatoms. The average molecular weight is 214 g/mol. The second-order valence-electron chi connectivity index (χ2n) is 3.37. The van der Waals surface area contributed by atoms with E-state index in [2.05, 4.69) is 23.7 Å². The fourth-order valence-electron chi connectivity index (χ4n) is 1.23. The largest absolute Gasteiger partial charge is 0.383 e. The van der Waals surface area contributed by atoms with Crippen molar-refractivity contribution in [3.8, 4) is 0 Å². The van der Waals surface area contributed by atoms with E-state index in [9.17, 15) is 0 Å². The zero-order chi connectivity index (χ0) is 10.4. The Hall–Kier alpha value is -0.420. The normalized spacial score (nSPS) is 13.1. The van der Waals surface area contributed by atoms with Gasteiger partial charge in [-0.3, -0.25) is 0 Å². The number of hydrogen-bond acceptors (Lipinski definition) is 4. The molecule has 0 aliphatic rings. The van der Waals surface area contributed by atoms with E-state index in [4.69, 9.17) is 10.5 Å². The average Bonchev–Trinajstić information content (AvgIpc) is 2.52. The van der Waals surface area contributed by atoms with E-state index in [-0.39, 0.29) is 6.04 Å². The Morgan fingerprint density at radius 2 is 2.43 bits per heavy atom. The SMILES string of the molecule is COCC(N)CNCc1sccc1C. The van der Waals surface area contributed by atoms with Crippen LogP contribution in [-0.2, 0) is 11.3 Å². The second-order valence-corrected chi connectivity index (χ2v) is 4.37. The van der Waals surface area contributed by atoms with Gasteiger partial charge in [0, 0.05) is 31.1 Å². The molecule has 1 unspecified atom stereocenters. The second kappa shape index (κ2) is 6.14. The highest BCUT2D eigenvalue weighted by molar-refractivity contribution is 7.10. The zero-order valence-electron chi connectivity index (χ0n) is 8.75. The van der Waals surface area contributed by atoms with Crippen LogP contribution in [0.3, 0.4) is 0 Å². The standard InChI is InChI=1S/C10H18N2OS/c1-8-3-4-14-10(8)6-12-5-9(11)7-13-2/h3-4,9,12H,5-7,11H2,1-2H3. The number of rotatable bonds is 6. The first-order chi connectivity index (χ1) is 6.74. The first-order valence-corrected chi connectivity index (χ1v) is 5.60. The predicted octanol–water partition coefficient (Wildman–Crippen LogP) is 1.12. The molecular weight excluding hydrogens is 196 g/mol. The van der Waals surface area contributed by atoms with E-state index < -0.39 is 0 Å². The van der Waals surface area contributed by atoms with E-state index >= 15 is 0 Å². The molecule has 1 atom stereocenters. The van der Waals surface area contributed by atoms with E-state index in [1.165, 1.54) is 10.4 Å². The lowest BCUT2D eigenvalue weighted by atomic mass is 10.3. The molecule has 3 N–H and O–H groups in total. The Morgan fingerprint density at radius 3 is 3.00 bits per heavy atom. The minimum Gasteiger partial charge on any atom is -0.383 e. The summed E-state index contributed by atoms with van der Waals surface area (Å²) in [5, 5.41) is 5.43. The number of nitrogens with one attached hydrogen (secondary N) is 1. The van der Waals surface area contributed by atoms with E-state index in [0.717, 1.165) is 13.1 Å². The highest BCUT2D eigenvalue weighted by Gasteiger charge is 2.02. The Bertz CT molecular complexity index is 262. The Kier molecular flexibility index (Phi) is 5.11. The van der Waals surface area contributed by atoms with Crippen molar-refractivity contribution in [2.45, 2.75) is 19.5 Å². The lowest BCUT2D eigenvalue weighted by Gasteiger charge is -2.11. The summed E-state index contributed by atoms with van der Waals surface area (Å²) < 4.78 is 4.95. The summed E-state index contributed by atoms with van der Waals surface area (Å²) in [4.78, 5) is 1.38. The zero-order valence-corrected chi connectivity index (χ0v) is 9.56. The highest BCUT2D eigenvalue weighted by atomic mass is 32.1. The van der Waals surface area contributed by atoms with Crippen LogP contribution in [0.15, 0.2) is 11.4 Å². The molecule has 0 radical (unpaired) electrons. The van der Waals surface area contributed by atoms with Crippen LogP contribution in [0.2, 0.25) is 0 Å². The van der Waals surface area contributed by atoms with Crippen molar-refractivity contribution in [1.82, 2.24) is 5.32 Å². The molecule has 0 aliphatic heterocycles. The molecule has 1 aromatic heterocycles. The van der Waals surface area contributed by atoms with Gasteiger partial charge in [-0.1, -0.05) is 0 Å². The molecule has 14 heavy (non-hydrogen) atoms. The van der Waals surface area contributed by atoms with Crippen molar-refractivity contribution in [2.24, 2.45) is 5.73 Å². The maximum absolute atomic E-state index is 5.78. The fourth-order valence-corrected chi connectivity index (χ4v) is 2.11. The minimum atomic E-state index is 0.0836. The molecule has 0 saturated carbocycles. The molecule has 1 rings (SSSR count). The van der Waals surface area contributed by atoms with Crippen molar-refractivity contribution in [3.05, 3.63) is 21.9 Å². The quantitative estimate of drug-likeness (QED) is 0.746. The lowest BCUT2D eigenvalue weighted by molar-refractivity contribution is 0.179. The number of thiophene rings is 1. The Balaban J connectivity index is 2.19. The van der Waals surface area contributed by atoms with Crippen LogP contribution in [-0.4, -0.2) is 26.3 Å². The smallest absolute Gasteiger partial charge is 0.0626 e. The molecule has 0 amide bonds. The first kappa shape index (κ1) is 11.7. The molecular formula is C10H18N2OS. The van der Waals surface area contributed by atoms with Crippen molar-refractivity contribution in [3.63, 3.8) is 0 Å². The van der Waals surface area contributed by atoms with Crippen molar-refractivity contribution in [2.75, 3.05) is 20.3 Å². The van der Waals surface area contributed by atoms with Crippen LogP contribution < -0.4 is 11.1 Å². The maximum atomic E-state index is 5.78. The van der Waals surface area contributed by atoms with Gasteiger partial charge < -0.3 is 15.8 Å². The van der Waals surface area contributed by atoms with Crippen molar-refractivity contribution >= 4 is 11.3 Å².